The first-order chi connectivity index (χ1) is 6.77. The molecule has 0 fully saturated rings. The molecule has 2 rings (SSSR count). The minimum Gasteiger partial charge on any atom is -0.338 e. The Morgan fingerprint density at radius 1 is 1.50 bits per heavy atom. The fourth-order valence-corrected chi connectivity index (χ4v) is 1.80. The van der Waals surface area contributed by atoms with Crippen LogP contribution in [0.2, 0.25) is 0 Å². The Kier molecular flexibility index (Phi) is 2.48. The van der Waals surface area contributed by atoms with E-state index in [1.807, 2.05) is 11.1 Å². The van der Waals surface area contributed by atoms with E-state index in [0.29, 0.717) is 0 Å². The molecule has 2 heterocycles. The molecule has 0 N–H and O–H groups in total. The van der Waals surface area contributed by atoms with E-state index in [1.165, 1.54) is 11.1 Å². The van der Waals surface area contributed by atoms with Gasteiger partial charge in [-0.25, -0.2) is 0 Å². The van der Waals surface area contributed by atoms with Gasteiger partial charge in [-0.1, -0.05) is 12.2 Å². The van der Waals surface area contributed by atoms with Crippen LogP contribution in [-0.4, -0.2) is 36.7 Å². The highest BCUT2D eigenvalue weighted by molar-refractivity contribution is 5.84. The molecule has 74 valence electrons. The SMILES string of the molecule is CC(=O)N1CCC2=C(C=NCC=C2)C1. The van der Waals surface area contributed by atoms with E-state index < -0.39 is 0 Å². The summed E-state index contributed by atoms with van der Waals surface area (Å²) in [5, 5.41) is 0. The monoisotopic (exact) mass is 190 g/mol. The quantitative estimate of drug-likeness (QED) is 0.564. The molecule has 3 heteroatoms. The van der Waals surface area contributed by atoms with Crippen LogP contribution < -0.4 is 0 Å². The Labute approximate surface area is 83.8 Å². The molecular weight excluding hydrogens is 176 g/mol. The van der Waals surface area contributed by atoms with Crippen LogP contribution >= 0.6 is 0 Å². The minimum absolute atomic E-state index is 0.151. The van der Waals surface area contributed by atoms with Gasteiger partial charge in [0.05, 0.1) is 6.54 Å². The number of carbonyl (C=O) groups excluding carboxylic acids is 1. The van der Waals surface area contributed by atoms with Crippen molar-refractivity contribution in [3.05, 3.63) is 23.3 Å². The molecule has 14 heavy (non-hydrogen) atoms. The van der Waals surface area contributed by atoms with Gasteiger partial charge >= 0.3 is 0 Å². The molecule has 0 unspecified atom stereocenters. The van der Waals surface area contributed by atoms with E-state index >= 15 is 0 Å². The topological polar surface area (TPSA) is 32.7 Å². The highest BCUT2D eigenvalue weighted by Crippen LogP contribution is 2.19. The maximum absolute atomic E-state index is 11.2. The Hall–Kier alpha value is -1.38. The summed E-state index contributed by atoms with van der Waals surface area (Å²) in [6, 6.07) is 0. The molecule has 0 aliphatic carbocycles. The fraction of sp³-hybridized carbons (Fsp3) is 0.455. The van der Waals surface area contributed by atoms with Crippen molar-refractivity contribution >= 4 is 12.1 Å². The smallest absolute Gasteiger partial charge is 0.219 e. The number of allylic oxidation sites excluding steroid dienone is 1. The zero-order chi connectivity index (χ0) is 9.97. The minimum atomic E-state index is 0.151. The van der Waals surface area contributed by atoms with Crippen molar-refractivity contribution in [2.75, 3.05) is 19.6 Å². The van der Waals surface area contributed by atoms with E-state index in [1.54, 1.807) is 6.92 Å². The molecule has 0 spiro atoms. The van der Waals surface area contributed by atoms with Crippen molar-refractivity contribution in [3.8, 4) is 0 Å². The summed E-state index contributed by atoms with van der Waals surface area (Å²) in [7, 11) is 0. The highest BCUT2D eigenvalue weighted by atomic mass is 16.2. The first kappa shape index (κ1) is 9.19. The lowest BCUT2D eigenvalue weighted by Crippen LogP contribution is -2.35. The summed E-state index contributed by atoms with van der Waals surface area (Å²) in [4.78, 5) is 17.3. The standard InChI is InChI=1S/C11H14N2O/c1-9(14)13-6-4-10-3-2-5-12-7-11(10)8-13/h2-3,7H,4-6,8H2,1H3. The Balaban J connectivity index is 2.21. The van der Waals surface area contributed by atoms with Crippen LogP contribution in [0.25, 0.3) is 0 Å². The second-order valence-corrected chi connectivity index (χ2v) is 3.64. The van der Waals surface area contributed by atoms with Crippen LogP contribution in [0.15, 0.2) is 28.3 Å². The molecule has 1 amide bonds. The lowest BCUT2D eigenvalue weighted by molar-refractivity contribution is -0.128. The summed E-state index contributed by atoms with van der Waals surface area (Å²) in [5.41, 5.74) is 2.53. The maximum atomic E-state index is 11.2. The molecule has 0 bridgehead atoms. The third-order valence-corrected chi connectivity index (χ3v) is 2.65. The van der Waals surface area contributed by atoms with Gasteiger partial charge in [0.15, 0.2) is 0 Å². The van der Waals surface area contributed by atoms with Crippen molar-refractivity contribution in [3.63, 3.8) is 0 Å². The molecule has 0 saturated heterocycles. The summed E-state index contributed by atoms with van der Waals surface area (Å²) >= 11 is 0. The van der Waals surface area contributed by atoms with Crippen LogP contribution in [0.4, 0.5) is 0 Å². The van der Waals surface area contributed by atoms with Crippen LogP contribution in [0.5, 0.6) is 0 Å². The van der Waals surface area contributed by atoms with E-state index in [2.05, 4.69) is 17.1 Å². The van der Waals surface area contributed by atoms with Gasteiger partial charge in [0.25, 0.3) is 0 Å². The van der Waals surface area contributed by atoms with Crippen molar-refractivity contribution in [1.29, 1.82) is 0 Å². The molecule has 0 atom stereocenters. The third-order valence-electron chi connectivity index (χ3n) is 2.65. The molecular formula is C11H14N2O. The van der Waals surface area contributed by atoms with Crippen molar-refractivity contribution < 1.29 is 4.79 Å². The van der Waals surface area contributed by atoms with Gasteiger partial charge in [0.2, 0.25) is 5.91 Å². The number of carbonyl (C=O) groups is 1. The summed E-state index contributed by atoms with van der Waals surface area (Å²) < 4.78 is 0. The molecule has 0 aromatic carbocycles. The molecule has 0 saturated carbocycles. The maximum Gasteiger partial charge on any atom is 0.219 e. The van der Waals surface area contributed by atoms with Crippen molar-refractivity contribution in [2.45, 2.75) is 13.3 Å². The van der Waals surface area contributed by atoms with E-state index in [-0.39, 0.29) is 5.91 Å². The molecule has 0 aromatic heterocycles. The molecule has 0 radical (unpaired) electrons. The number of rotatable bonds is 0. The van der Waals surface area contributed by atoms with Crippen molar-refractivity contribution in [2.24, 2.45) is 4.99 Å². The van der Waals surface area contributed by atoms with Crippen molar-refractivity contribution in [1.82, 2.24) is 4.90 Å². The highest BCUT2D eigenvalue weighted by Gasteiger charge is 2.18. The number of hydrogen-bond acceptors (Lipinski definition) is 2. The lowest BCUT2D eigenvalue weighted by atomic mass is 10.0. The van der Waals surface area contributed by atoms with Gasteiger partial charge in [0, 0.05) is 26.2 Å². The first-order valence-electron chi connectivity index (χ1n) is 4.91. The fourth-order valence-electron chi connectivity index (χ4n) is 1.80. The number of amides is 1. The Morgan fingerprint density at radius 3 is 3.14 bits per heavy atom. The van der Waals surface area contributed by atoms with Gasteiger partial charge in [-0.2, -0.15) is 0 Å². The predicted molar refractivity (Wildman–Crippen MR) is 56.4 cm³/mol. The average molecular weight is 190 g/mol. The second kappa shape index (κ2) is 3.78. The van der Waals surface area contributed by atoms with Gasteiger partial charge in [0.1, 0.15) is 0 Å². The largest absolute Gasteiger partial charge is 0.338 e. The van der Waals surface area contributed by atoms with E-state index in [0.717, 1.165) is 26.1 Å². The lowest BCUT2D eigenvalue weighted by Gasteiger charge is -2.27. The number of hydrogen-bond donors (Lipinski definition) is 0. The van der Waals surface area contributed by atoms with Gasteiger partial charge in [-0.15, -0.1) is 0 Å². The van der Waals surface area contributed by atoms with E-state index in [9.17, 15) is 4.79 Å². The molecule has 0 aromatic rings. The summed E-state index contributed by atoms with van der Waals surface area (Å²) in [6.07, 6.45) is 7.07. The predicted octanol–water partition coefficient (Wildman–Crippen LogP) is 1.18. The summed E-state index contributed by atoms with van der Waals surface area (Å²) in [5.74, 6) is 0.151. The normalized spacial score (nSPS) is 20.8. The van der Waals surface area contributed by atoms with Crippen LogP contribution in [0.3, 0.4) is 0 Å². The van der Waals surface area contributed by atoms with Gasteiger partial charge in [-0.3, -0.25) is 9.79 Å². The Bertz CT molecular complexity index is 339. The average Bonchev–Trinajstić information content (AvgIpc) is 2.41. The Morgan fingerprint density at radius 2 is 2.36 bits per heavy atom. The van der Waals surface area contributed by atoms with Crippen LogP contribution in [-0.2, 0) is 4.79 Å². The van der Waals surface area contributed by atoms with E-state index in [4.69, 9.17) is 0 Å². The second-order valence-electron chi connectivity index (χ2n) is 3.64. The van der Waals surface area contributed by atoms with Crippen LogP contribution in [0, 0.1) is 0 Å². The molecule has 3 nitrogen and oxygen atoms in total. The van der Waals surface area contributed by atoms with Gasteiger partial charge in [-0.05, 0) is 17.6 Å². The first-order valence-corrected chi connectivity index (χ1v) is 4.91. The van der Waals surface area contributed by atoms with Gasteiger partial charge < -0.3 is 4.90 Å². The molecule has 2 aliphatic rings. The molecule has 2 aliphatic heterocycles. The summed E-state index contributed by atoms with van der Waals surface area (Å²) in [6.45, 7) is 3.94. The number of nitrogens with zero attached hydrogens (tertiary/aromatic N) is 2. The number of aliphatic imine (C=N–C) groups is 1. The van der Waals surface area contributed by atoms with Crippen LogP contribution in [0.1, 0.15) is 13.3 Å². The third kappa shape index (κ3) is 1.76. The zero-order valence-electron chi connectivity index (χ0n) is 8.36. The zero-order valence-corrected chi connectivity index (χ0v) is 8.36.